The molecule has 2 heterocycles. The number of ether oxygens (including phenoxy) is 1. The van der Waals surface area contributed by atoms with Gasteiger partial charge in [0.25, 0.3) is 0 Å². The van der Waals surface area contributed by atoms with Crippen LogP contribution in [0.4, 0.5) is 4.39 Å². The molecule has 0 saturated carbocycles. The lowest BCUT2D eigenvalue weighted by molar-refractivity contribution is 0.0342. The molecule has 1 saturated heterocycles. The van der Waals surface area contributed by atoms with Crippen LogP contribution in [0.1, 0.15) is 23.6 Å². The van der Waals surface area contributed by atoms with Crippen LogP contribution >= 0.6 is 24.0 Å². The van der Waals surface area contributed by atoms with Gasteiger partial charge in [0.05, 0.1) is 19.8 Å². The summed E-state index contributed by atoms with van der Waals surface area (Å²) in [6.07, 6.45) is 2.73. The van der Waals surface area contributed by atoms with Gasteiger partial charge in [-0.1, -0.05) is 24.3 Å². The molecule has 1 aromatic heterocycles. The van der Waals surface area contributed by atoms with E-state index in [0.717, 1.165) is 68.2 Å². The zero-order chi connectivity index (χ0) is 22.2. The average molecular weight is 565 g/mol. The molecule has 6 nitrogen and oxygen atoms in total. The third-order valence-electron chi connectivity index (χ3n) is 5.68. The van der Waals surface area contributed by atoms with E-state index in [4.69, 9.17) is 9.73 Å². The molecule has 4 rings (SSSR count). The van der Waals surface area contributed by atoms with Crippen molar-refractivity contribution in [1.29, 1.82) is 0 Å². The highest BCUT2D eigenvalue weighted by molar-refractivity contribution is 14.0. The summed E-state index contributed by atoms with van der Waals surface area (Å²) < 4.78 is 19.0. The molecule has 8 heteroatoms. The van der Waals surface area contributed by atoms with Crippen LogP contribution in [-0.4, -0.2) is 55.2 Å². The third-order valence-corrected chi connectivity index (χ3v) is 5.68. The highest BCUT2D eigenvalue weighted by atomic mass is 127. The number of benzene rings is 2. The lowest BCUT2D eigenvalue weighted by Crippen LogP contribution is -2.38. The fourth-order valence-electron chi connectivity index (χ4n) is 4.03. The lowest BCUT2D eigenvalue weighted by atomic mass is 10.1. The Bertz CT molecular complexity index is 1050. The average Bonchev–Trinajstić information content (AvgIpc) is 3.20. The highest BCUT2D eigenvalue weighted by Crippen LogP contribution is 2.19. The number of aromatic nitrogens is 1. The molecule has 178 valence electrons. The fourth-order valence-corrected chi connectivity index (χ4v) is 4.03. The summed E-state index contributed by atoms with van der Waals surface area (Å²) in [6.45, 7) is 8.73. The lowest BCUT2D eigenvalue weighted by Gasteiger charge is -2.26. The second kappa shape index (κ2) is 12.9. The predicted molar refractivity (Wildman–Crippen MR) is 143 cm³/mol. The van der Waals surface area contributed by atoms with Crippen molar-refractivity contribution in [2.45, 2.75) is 26.4 Å². The Kier molecular flexibility index (Phi) is 9.95. The molecule has 0 spiro atoms. The minimum atomic E-state index is -0.211. The Hall–Kier alpha value is -2.17. The third kappa shape index (κ3) is 7.41. The second-order valence-corrected chi connectivity index (χ2v) is 8.08. The van der Waals surface area contributed by atoms with E-state index in [2.05, 4.69) is 51.7 Å². The Morgan fingerprint density at radius 3 is 2.76 bits per heavy atom. The molecule has 1 fully saturated rings. The number of morpholine rings is 1. The van der Waals surface area contributed by atoms with Crippen molar-refractivity contribution < 1.29 is 9.13 Å². The number of aromatic amines is 1. The van der Waals surface area contributed by atoms with Crippen molar-refractivity contribution in [2.75, 3.05) is 39.4 Å². The number of H-pyrrole nitrogens is 1. The van der Waals surface area contributed by atoms with Crippen LogP contribution in [-0.2, 0) is 24.2 Å². The van der Waals surface area contributed by atoms with Crippen molar-refractivity contribution in [3.05, 3.63) is 71.2 Å². The van der Waals surface area contributed by atoms with Gasteiger partial charge in [0.15, 0.2) is 5.96 Å². The molecule has 33 heavy (non-hydrogen) atoms. The van der Waals surface area contributed by atoms with Gasteiger partial charge < -0.3 is 20.4 Å². The summed E-state index contributed by atoms with van der Waals surface area (Å²) in [5.74, 6) is 0.578. The van der Waals surface area contributed by atoms with Crippen LogP contribution in [0.2, 0.25) is 0 Å². The standard InChI is InChI=1S/C25H32FN5O.HI/c1-2-27-25(28-9-8-21-17-29-24-7-6-22(26)15-23(21)24)30-16-19-4-3-5-20(14-19)18-31-10-12-32-13-11-31;/h3-7,14-15,17,29H,2,8-13,16,18H2,1H3,(H2,27,28,30);1H. The van der Waals surface area contributed by atoms with E-state index in [1.165, 1.54) is 17.2 Å². The van der Waals surface area contributed by atoms with Crippen LogP contribution in [0.15, 0.2) is 53.7 Å². The van der Waals surface area contributed by atoms with E-state index in [1.807, 2.05) is 6.20 Å². The number of aliphatic imine (C=N–C) groups is 1. The van der Waals surface area contributed by atoms with Crippen LogP contribution in [0.5, 0.6) is 0 Å². The molecular formula is C25H33FIN5O. The molecule has 0 unspecified atom stereocenters. The molecule has 0 amide bonds. The Labute approximate surface area is 212 Å². The van der Waals surface area contributed by atoms with Crippen molar-refractivity contribution in [3.63, 3.8) is 0 Å². The molecule has 3 N–H and O–H groups in total. The maximum atomic E-state index is 13.6. The van der Waals surface area contributed by atoms with E-state index in [-0.39, 0.29) is 29.8 Å². The summed E-state index contributed by atoms with van der Waals surface area (Å²) in [7, 11) is 0. The molecule has 0 bridgehead atoms. The first-order chi connectivity index (χ1) is 15.7. The van der Waals surface area contributed by atoms with Gasteiger partial charge in [-0.25, -0.2) is 9.38 Å². The van der Waals surface area contributed by atoms with E-state index in [1.54, 1.807) is 12.1 Å². The summed E-state index contributed by atoms with van der Waals surface area (Å²) in [5, 5.41) is 7.64. The summed E-state index contributed by atoms with van der Waals surface area (Å²) in [5.41, 5.74) is 4.56. The second-order valence-electron chi connectivity index (χ2n) is 8.08. The minimum absolute atomic E-state index is 0. The maximum absolute atomic E-state index is 13.6. The maximum Gasteiger partial charge on any atom is 0.191 e. The number of nitrogens with zero attached hydrogens (tertiary/aromatic N) is 2. The molecule has 0 aliphatic carbocycles. The van der Waals surface area contributed by atoms with Gasteiger partial charge in [-0.05, 0) is 48.2 Å². The van der Waals surface area contributed by atoms with Crippen molar-refractivity contribution in [1.82, 2.24) is 20.5 Å². The summed E-state index contributed by atoms with van der Waals surface area (Å²) in [4.78, 5) is 10.4. The first-order valence-corrected chi connectivity index (χ1v) is 11.4. The van der Waals surface area contributed by atoms with Crippen molar-refractivity contribution in [3.8, 4) is 0 Å². The molecule has 1 aliphatic rings. The SMILES string of the molecule is CCNC(=NCc1cccc(CN2CCOCC2)c1)NCCc1c[nH]c2ccc(F)cc12.I. The Morgan fingerprint density at radius 1 is 1.12 bits per heavy atom. The van der Waals surface area contributed by atoms with E-state index in [9.17, 15) is 4.39 Å². The van der Waals surface area contributed by atoms with Crippen LogP contribution in [0.3, 0.4) is 0 Å². The summed E-state index contributed by atoms with van der Waals surface area (Å²) in [6, 6.07) is 13.5. The van der Waals surface area contributed by atoms with Crippen LogP contribution in [0, 0.1) is 5.82 Å². The zero-order valence-electron chi connectivity index (χ0n) is 19.1. The highest BCUT2D eigenvalue weighted by Gasteiger charge is 2.11. The molecule has 0 atom stereocenters. The van der Waals surface area contributed by atoms with Crippen LogP contribution < -0.4 is 10.6 Å². The van der Waals surface area contributed by atoms with Crippen molar-refractivity contribution in [2.24, 2.45) is 4.99 Å². The first-order valence-electron chi connectivity index (χ1n) is 11.4. The molecular weight excluding hydrogens is 532 g/mol. The van der Waals surface area contributed by atoms with Gasteiger partial charge in [0.2, 0.25) is 0 Å². The number of rotatable bonds is 8. The molecule has 2 aromatic carbocycles. The number of nitrogens with one attached hydrogen (secondary N) is 3. The molecule has 3 aromatic rings. The number of halogens is 2. The predicted octanol–water partition coefficient (Wildman–Crippen LogP) is 4.06. The molecule has 0 radical (unpaired) electrons. The van der Waals surface area contributed by atoms with Gasteiger partial charge in [0.1, 0.15) is 5.82 Å². The summed E-state index contributed by atoms with van der Waals surface area (Å²) >= 11 is 0. The van der Waals surface area contributed by atoms with Gasteiger partial charge in [-0.3, -0.25) is 4.90 Å². The monoisotopic (exact) mass is 565 g/mol. The van der Waals surface area contributed by atoms with Gasteiger partial charge in [-0.2, -0.15) is 0 Å². The smallest absolute Gasteiger partial charge is 0.191 e. The Morgan fingerprint density at radius 2 is 1.94 bits per heavy atom. The van der Waals surface area contributed by atoms with E-state index in [0.29, 0.717) is 13.1 Å². The van der Waals surface area contributed by atoms with Crippen molar-refractivity contribution >= 4 is 40.8 Å². The zero-order valence-corrected chi connectivity index (χ0v) is 21.4. The number of hydrogen-bond acceptors (Lipinski definition) is 3. The van der Waals surface area contributed by atoms with E-state index < -0.39 is 0 Å². The van der Waals surface area contributed by atoms with Gasteiger partial charge in [-0.15, -0.1) is 24.0 Å². The fraction of sp³-hybridized carbons (Fsp3) is 0.400. The first kappa shape index (κ1) is 25.5. The van der Waals surface area contributed by atoms with Gasteiger partial charge >= 0.3 is 0 Å². The minimum Gasteiger partial charge on any atom is -0.379 e. The normalized spacial score (nSPS) is 14.8. The number of guanidine groups is 1. The largest absolute Gasteiger partial charge is 0.379 e. The molecule has 1 aliphatic heterocycles. The van der Waals surface area contributed by atoms with Crippen LogP contribution in [0.25, 0.3) is 10.9 Å². The van der Waals surface area contributed by atoms with E-state index >= 15 is 0 Å². The van der Waals surface area contributed by atoms with Gasteiger partial charge in [0, 0.05) is 49.8 Å². The quantitative estimate of drug-likeness (QED) is 0.219. The number of fused-ring (bicyclic) bond motifs is 1. The Balaban J connectivity index is 0.00000306. The topological polar surface area (TPSA) is 64.7 Å². The number of hydrogen-bond donors (Lipinski definition) is 3.